The fraction of sp³-hybridized carbons (Fsp3) is 0.684. The Hall–Kier alpha value is -0.570. The zero-order chi connectivity index (χ0) is 14.5. The van der Waals surface area contributed by atoms with Crippen molar-refractivity contribution in [1.82, 2.24) is 4.90 Å². The molecule has 0 aromatic heterocycles. The van der Waals surface area contributed by atoms with Crippen LogP contribution < -0.4 is 5.73 Å². The summed E-state index contributed by atoms with van der Waals surface area (Å²) < 4.78 is 0. The molecular formula is C19H31ClN2. The lowest BCUT2D eigenvalue weighted by Crippen LogP contribution is -2.45. The molecule has 22 heavy (non-hydrogen) atoms. The van der Waals surface area contributed by atoms with Gasteiger partial charge in [0.2, 0.25) is 0 Å². The maximum Gasteiger partial charge on any atom is 0.00959 e. The largest absolute Gasteiger partial charge is 0.330 e. The first-order chi connectivity index (χ1) is 10.3. The van der Waals surface area contributed by atoms with Gasteiger partial charge >= 0.3 is 0 Å². The predicted octanol–water partition coefficient (Wildman–Crippen LogP) is 4.12. The summed E-state index contributed by atoms with van der Waals surface area (Å²) in [6.45, 7) is 3.45. The van der Waals surface area contributed by atoms with Crippen molar-refractivity contribution in [3.63, 3.8) is 0 Å². The van der Waals surface area contributed by atoms with E-state index in [0.717, 1.165) is 12.6 Å². The molecule has 3 rings (SSSR count). The molecule has 2 nitrogen and oxygen atoms in total. The topological polar surface area (TPSA) is 29.3 Å². The third kappa shape index (κ3) is 3.84. The van der Waals surface area contributed by atoms with Crippen molar-refractivity contribution in [2.24, 2.45) is 5.73 Å². The summed E-state index contributed by atoms with van der Waals surface area (Å²) in [6.07, 6.45) is 10.8. The molecule has 124 valence electrons. The fourth-order valence-electron chi connectivity index (χ4n) is 4.38. The van der Waals surface area contributed by atoms with Crippen LogP contribution in [0.4, 0.5) is 0 Å². The quantitative estimate of drug-likeness (QED) is 0.907. The second kappa shape index (κ2) is 8.33. The summed E-state index contributed by atoms with van der Waals surface area (Å²) in [7, 11) is 0. The van der Waals surface area contributed by atoms with Crippen LogP contribution in [-0.2, 0) is 5.41 Å². The van der Waals surface area contributed by atoms with E-state index in [1.54, 1.807) is 0 Å². The summed E-state index contributed by atoms with van der Waals surface area (Å²) >= 11 is 0. The van der Waals surface area contributed by atoms with Crippen LogP contribution in [0.2, 0.25) is 0 Å². The Bertz CT molecular complexity index is 418. The van der Waals surface area contributed by atoms with Crippen LogP contribution in [-0.4, -0.2) is 30.6 Å². The van der Waals surface area contributed by atoms with E-state index in [4.69, 9.17) is 5.73 Å². The molecule has 3 heteroatoms. The SMILES string of the molecule is Cl.NCC1(c2ccccc2)CCC(N2CCCCCC2)CC1. The molecule has 2 aliphatic rings. The molecule has 2 N–H and O–H groups in total. The number of hydrogen-bond donors (Lipinski definition) is 1. The van der Waals surface area contributed by atoms with Crippen molar-refractivity contribution in [2.45, 2.75) is 62.8 Å². The molecular weight excluding hydrogens is 292 g/mol. The molecule has 0 bridgehead atoms. The van der Waals surface area contributed by atoms with E-state index in [1.807, 2.05) is 0 Å². The molecule has 1 aliphatic heterocycles. The highest BCUT2D eigenvalue weighted by molar-refractivity contribution is 5.85. The molecule has 0 atom stereocenters. The van der Waals surface area contributed by atoms with E-state index in [9.17, 15) is 0 Å². The fourth-order valence-corrected chi connectivity index (χ4v) is 4.38. The summed E-state index contributed by atoms with van der Waals surface area (Å²) in [6, 6.07) is 11.8. The van der Waals surface area contributed by atoms with Gasteiger partial charge in [-0.25, -0.2) is 0 Å². The summed E-state index contributed by atoms with van der Waals surface area (Å²) in [5, 5.41) is 0. The molecule has 0 unspecified atom stereocenters. The van der Waals surface area contributed by atoms with Crippen LogP contribution in [0.3, 0.4) is 0 Å². The molecule has 1 aliphatic carbocycles. The number of rotatable bonds is 3. The first kappa shape index (κ1) is 17.8. The van der Waals surface area contributed by atoms with Gasteiger partial charge in [0.05, 0.1) is 0 Å². The van der Waals surface area contributed by atoms with E-state index in [-0.39, 0.29) is 17.8 Å². The Labute approximate surface area is 141 Å². The lowest BCUT2D eigenvalue weighted by Gasteiger charge is -2.43. The molecule has 0 amide bonds. The van der Waals surface area contributed by atoms with Crippen molar-refractivity contribution < 1.29 is 0 Å². The second-order valence-electron chi connectivity index (χ2n) is 7.03. The minimum Gasteiger partial charge on any atom is -0.330 e. The maximum atomic E-state index is 6.21. The van der Waals surface area contributed by atoms with Crippen LogP contribution in [0.5, 0.6) is 0 Å². The standard InChI is InChI=1S/C19H30N2.ClH/c20-16-19(17-8-4-3-5-9-17)12-10-18(11-13-19)21-14-6-1-2-7-15-21;/h3-5,8-9,18H,1-2,6-7,10-16,20H2;1H. The number of benzene rings is 1. The Morgan fingerprint density at radius 2 is 1.55 bits per heavy atom. The minimum absolute atomic E-state index is 0. The molecule has 1 saturated carbocycles. The third-order valence-corrected chi connectivity index (χ3v) is 5.85. The lowest BCUT2D eigenvalue weighted by atomic mass is 9.68. The number of halogens is 1. The zero-order valence-electron chi connectivity index (χ0n) is 13.7. The van der Waals surface area contributed by atoms with Crippen LogP contribution in [0.25, 0.3) is 0 Å². The highest BCUT2D eigenvalue weighted by Gasteiger charge is 2.37. The van der Waals surface area contributed by atoms with Crippen molar-refractivity contribution in [3.05, 3.63) is 35.9 Å². The molecule has 1 saturated heterocycles. The summed E-state index contributed by atoms with van der Waals surface area (Å²) in [5.41, 5.74) is 7.91. The van der Waals surface area contributed by atoms with E-state index < -0.39 is 0 Å². The van der Waals surface area contributed by atoms with Crippen molar-refractivity contribution in [3.8, 4) is 0 Å². The van der Waals surface area contributed by atoms with Crippen molar-refractivity contribution >= 4 is 12.4 Å². The van der Waals surface area contributed by atoms with Gasteiger partial charge in [-0.3, -0.25) is 0 Å². The number of hydrogen-bond acceptors (Lipinski definition) is 2. The smallest absolute Gasteiger partial charge is 0.00959 e. The average molecular weight is 323 g/mol. The Morgan fingerprint density at radius 1 is 0.955 bits per heavy atom. The normalized spacial score (nSPS) is 30.3. The van der Waals surface area contributed by atoms with E-state index in [0.29, 0.717) is 0 Å². The minimum atomic E-state index is 0. The van der Waals surface area contributed by atoms with Gasteiger partial charge < -0.3 is 10.6 Å². The van der Waals surface area contributed by atoms with Crippen LogP contribution in [0.1, 0.15) is 56.9 Å². The molecule has 0 radical (unpaired) electrons. The van der Waals surface area contributed by atoms with Gasteiger partial charge in [0.25, 0.3) is 0 Å². The first-order valence-corrected chi connectivity index (χ1v) is 8.84. The lowest BCUT2D eigenvalue weighted by molar-refractivity contribution is 0.128. The summed E-state index contributed by atoms with van der Waals surface area (Å²) in [5.74, 6) is 0. The van der Waals surface area contributed by atoms with Crippen LogP contribution in [0, 0.1) is 0 Å². The monoisotopic (exact) mass is 322 g/mol. The first-order valence-electron chi connectivity index (χ1n) is 8.84. The molecule has 1 heterocycles. The van der Waals surface area contributed by atoms with Gasteiger partial charge in [0, 0.05) is 18.0 Å². The van der Waals surface area contributed by atoms with Gasteiger partial charge in [0.1, 0.15) is 0 Å². The van der Waals surface area contributed by atoms with Crippen LogP contribution in [0.15, 0.2) is 30.3 Å². The maximum absolute atomic E-state index is 6.21. The molecule has 1 aromatic rings. The Morgan fingerprint density at radius 3 is 2.09 bits per heavy atom. The van der Waals surface area contributed by atoms with Gasteiger partial charge in [-0.15, -0.1) is 12.4 Å². The van der Waals surface area contributed by atoms with Crippen molar-refractivity contribution in [2.75, 3.05) is 19.6 Å². The predicted molar refractivity (Wildman–Crippen MR) is 96.7 cm³/mol. The molecule has 1 aromatic carbocycles. The Kier molecular flexibility index (Phi) is 6.73. The second-order valence-corrected chi connectivity index (χ2v) is 7.03. The van der Waals surface area contributed by atoms with E-state index in [2.05, 4.69) is 35.2 Å². The van der Waals surface area contributed by atoms with Crippen LogP contribution >= 0.6 is 12.4 Å². The number of likely N-dealkylation sites (tertiary alicyclic amines) is 1. The third-order valence-electron chi connectivity index (χ3n) is 5.85. The number of nitrogens with zero attached hydrogens (tertiary/aromatic N) is 1. The Balaban J connectivity index is 0.00000176. The highest BCUT2D eigenvalue weighted by atomic mass is 35.5. The van der Waals surface area contributed by atoms with Gasteiger partial charge in [-0.05, 0) is 57.2 Å². The zero-order valence-corrected chi connectivity index (χ0v) is 14.5. The van der Waals surface area contributed by atoms with Crippen molar-refractivity contribution in [1.29, 1.82) is 0 Å². The van der Waals surface area contributed by atoms with Gasteiger partial charge in [-0.2, -0.15) is 0 Å². The van der Waals surface area contributed by atoms with Gasteiger partial charge in [-0.1, -0.05) is 43.2 Å². The van der Waals surface area contributed by atoms with E-state index >= 15 is 0 Å². The van der Waals surface area contributed by atoms with Gasteiger partial charge in [0.15, 0.2) is 0 Å². The van der Waals surface area contributed by atoms with E-state index in [1.165, 1.54) is 70.0 Å². The highest BCUT2D eigenvalue weighted by Crippen LogP contribution is 2.40. The summed E-state index contributed by atoms with van der Waals surface area (Å²) in [4.78, 5) is 2.78. The average Bonchev–Trinajstić information content (AvgIpc) is 2.85. The molecule has 0 spiro atoms. The molecule has 2 fully saturated rings. The number of nitrogens with two attached hydrogens (primary N) is 1.